The molecule has 0 aliphatic carbocycles. The summed E-state index contributed by atoms with van der Waals surface area (Å²) in [5.74, 6) is -0.413. The quantitative estimate of drug-likeness (QED) is 0.201. The van der Waals surface area contributed by atoms with Crippen LogP contribution < -0.4 is 0 Å². The van der Waals surface area contributed by atoms with Crippen molar-refractivity contribution in [2.24, 2.45) is 0 Å². The number of para-hydroxylation sites is 1. The van der Waals surface area contributed by atoms with Gasteiger partial charge in [-0.25, -0.2) is 4.98 Å². The molecular formula is C23H13N3OPtS. The summed E-state index contributed by atoms with van der Waals surface area (Å²) in [5, 5.41) is 8.11. The largest absolute Gasteiger partial charge is 2.00 e. The first-order chi connectivity index (χ1) is 13.7. The van der Waals surface area contributed by atoms with Crippen LogP contribution in [0.5, 0.6) is 0 Å². The Morgan fingerprint density at radius 2 is 1.48 bits per heavy atom. The van der Waals surface area contributed by atoms with Gasteiger partial charge in [0.1, 0.15) is 5.91 Å². The van der Waals surface area contributed by atoms with Crippen molar-refractivity contribution in [1.29, 1.82) is 0 Å². The van der Waals surface area contributed by atoms with Gasteiger partial charge in [0, 0.05) is 22.4 Å². The maximum absolute atomic E-state index is 12.7. The van der Waals surface area contributed by atoms with Crippen molar-refractivity contribution >= 4 is 56.8 Å². The number of nitrogens with zero attached hydrogens (tertiary/aromatic N) is 3. The Bertz CT molecular complexity index is 1380. The summed E-state index contributed by atoms with van der Waals surface area (Å²) in [6, 6.07) is 22.8. The number of hydrogen-bond donors (Lipinski definition) is 0. The summed E-state index contributed by atoms with van der Waals surface area (Å²) < 4.78 is 0. The molecule has 2 aromatic heterocycles. The van der Waals surface area contributed by atoms with Crippen LogP contribution in [-0.4, -0.2) is 15.9 Å². The fraction of sp³-hybridized carbons (Fsp3) is 0. The number of carbonyl (C=O) groups excluding carboxylic acids is 1. The zero-order valence-corrected chi connectivity index (χ0v) is 18.1. The Labute approximate surface area is 187 Å². The average molecular weight is 575 g/mol. The summed E-state index contributed by atoms with van der Waals surface area (Å²) >= 11 is 5.24. The number of benzene rings is 3. The van der Waals surface area contributed by atoms with E-state index in [0.29, 0.717) is 10.6 Å². The summed E-state index contributed by atoms with van der Waals surface area (Å²) in [7, 11) is 0. The molecular weight excluding hydrogens is 561 g/mol. The minimum absolute atomic E-state index is 0. The van der Waals surface area contributed by atoms with Crippen LogP contribution in [-0.2, 0) is 33.7 Å². The average Bonchev–Trinajstić information content (AvgIpc) is 2.74. The summed E-state index contributed by atoms with van der Waals surface area (Å²) in [6.07, 6.45) is 1.77. The zero-order chi connectivity index (χ0) is 19.1. The van der Waals surface area contributed by atoms with Gasteiger partial charge in [-0.2, -0.15) is 10.6 Å². The molecule has 5 aromatic rings. The SMILES string of the molecule is O=C([N-]c1ccccc1[S-])c1ccc2ccc3ccc4cccnc4c3c2n1.[Pt+2]. The van der Waals surface area contributed by atoms with Crippen LogP contribution in [0.15, 0.2) is 83.9 Å². The van der Waals surface area contributed by atoms with E-state index < -0.39 is 5.91 Å². The van der Waals surface area contributed by atoms with Crippen LogP contribution >= 0.6 is 0 Å². The second-order valence-corrected chi connectivity index (χ2v) is 6.90. The molecule has 4 nitrogen and oxygen atoms in total. The van der Waals surface area contributed by atoms with Crippen molar-refractivity contribution in [3.63, 3.8) is 0 Å². The molecule has 0 aliphatic rings. The van der Waals surface area contributed by atoms with Gasteiger partial charge in [-0.3, -0.25) is 4.98 Å². The Hall–Kier alpha value is -2.88. The summed E-state index contributed by atoms with van der Waals surface area (Å²) in [5.41, 5.74) is 2.38. The van der Waals surface area contributed by atoms with E-state index in [1.807, 2.05) is 48.5 Å². The Morgan fingerprint density at radius 3 is 2.28 bits per heavy atom. The van der Waals surface area contributed by atoms with Gasteiger partial charge in [-0.05, 0) is 17.5 Å². The molecule has 0 fully saturated rings. The monoisotopic (exact) mass is 574 g/mol. The molecule has 0 spiro atoms. The predicted octanol–water partition coefficient (Wildman–Crippen LogP) is 5.69. The van der Waals surface area contributed by atoms with E-state index in [0.717, 1.165) is 32.6 Å². The van der Waals surface area contributed by atoms with E-state index >= 15 is 0 Å². The van der Waals surface area contributed by atoms with Gasteiger partial charge in [0.15, 0.2) is 0 Å². The molecule has 0 unspecified atom stereocenters. The third kappa shape index (κ3) is 3.48. The number of aromatic nitrogens is 2. The number of hydrogen-bond acceptors (Lipinski definition) is 4. The smallest absolute Gasteiger partial charge is 0.781 e. The Kier molecular flexibility index (Phi) is 5.27. The van der Waals surface area contributed by atoms with E-state index in [-0.39, 0.29) is 26.8 Å². The Morgan fingerprint density at radius 1 is 0.793 bits per heavy atom. The molecule has 0 saturated carbocycles. The molecule has 2 heterocycles. The van der Waals surface area contributed by atoms with Crippen molar-refractivity contribution in [3.05, 3.63) is 90.0 Å². The first-order valence-corrected chi connectivity index (χ1v) is 9.21. The second-order valence-electron chi connectivity index (χ2n) is 6.46. The van der Waals surface area contributed by atoms with Crippen LogP contribution in [0.1, 0.15) is 10.5 Å². The number of fused-ring (bicyclic) bond motifs is 5. The minimum atomic E-state index is -0.413. The molecule has 5 rings (SSSR count). The Balaban J connectivity index is 0.00000205. The molecule has 142 valence electrons. The van der Waals surface area contributed by atoms with E-state index in [9.17, 15) is 4.79 Å². The van der Waals surface area contributed by atoms with Gasteiger partial charge in [-0.1, -0.05) is 60.7 Å². The minimum Gasteiger partial charge on any atom is -0.781 e. The number of pyridine rings is 2. The van der Waals surface area contributed by atoms with Crippen LogP contribution in [0.3, 0.4) is 0 Å². The van der Waals surface area contributed by atoms with Gasteiger partial charge in [0.05, 0.1) is 16.7 Å². The fourth-order valence-corrected chi connectivity index (χ4v) is 3.56. The van der Waals surface area contributed by atoms with E-state index in [4.69, 9.17) is 12.6 Å². The number of rotatable bonds is 2. The molecule has 0 bridgehead atoms. The molecule has 0 atom stereocenters. The molecule has 1 amide bonds. The molecule has 6 heteroatoms. The molecule has 0 N–H and O–H groups in total. The first-order valence-electron chi connectivity index (χ1n) is 8.80. The van der Waals surface area contributed by atoms with Crippen LogP contribution in [0.4, 0.5) is 5.69 Å². The van der Waals surface area contributed by atoms with Crippen molar-refractivity contribution in [1.82, 2.24) is 9.97 Å². The third-order valence-corrected chi connectivity index (χ3v) is 5.06. The van der Waals surface area contributed by atoms with Gasteiger partial charge in [0.2, 0.25) is 0 Å². The maximum Gasteiger partial charge on any atom is 2.00 e. The molecule has 0 aliphatic heterocycles. The van der Waals surface area contributed by atoms with Crippen LogP contribution in [0.2, 0.25) is 0 Å². The van der Waals surface area contributed by atoms with Crippen molar-refractivity contribution < 1.29 is 25.9 Å². The topological polar surface area (TPSA) is 57.0 Å². The maximum atomic E-state index is 12.7. The van der Waals surface area contributed by atoms with Crippen molar-refractivity contribution in [3.8, 4) is 0 Å². The standard InChI is InChI=1S/C23H15N3OS.Pt/c27-23(26-17-5-1-2-6-19(17)28)18-12-11-16-10-8-14-7-9-15-4-3-13-24-21(15)20(14)22(16)25-18;/h1-13H,(H2,24,25,26,27,28);/q;+2/p-2. The molecule has 0 radical (unpaired) electrons. The number of carbonyl (C=O) groups is 1. The fourth-order valence-electron chi connectivity index (χ4n) is 3.37. The number of amides is 1. The van der Waals surface area contributed by atoms with Gasteiger partial charge in [-0.15, -0.1) is 0 Å². The van der Waals surface area contributed by atoms with E-state index in [1.54, 1.807) is 30.5 Å². The van der Waals surface area contributed by atoms with Gasteiger partial charge in [0.25, 0.3) is 0 Å². The van der Waals surface area contributed by atoms with E-state index in [1.165, 1.54) is 0 Å². The molecule has 29 heavy (non-hydrogen) atoms. The first kappa shape index (κ1) is 19.4. The van der Waals surface area contributed by atoms with E-state index in [2.05, 4.69) is 15.3 Å². The summed E-state index contributed by atoms with van der Waals surface area (Å²) in [4.78, 5) is 22.5. The third-order valence-electron chi connectivity index (χ3n) is 4.72. The van der Waals surface area contributed by atoms with Crippen molar-refractivity contribution in [2.75, 3.05) is 0 Å². The van der Waals surface area contributed by atoms with Gasteiger partial charge >= 0.3 is 21.1 Å². The van der Waals surface area contributed by atoms with Gasteiger partial charge < -0.3 is 22.7 Å². The van der Waals surface area contributed by atoms with Crippen LogP contribution in [0.25, 0.3) is 37.9 Å². The van der Waals surface area contributed by atoms with Crippen LogP contribution in [0, 0.1) is 0 Å². The normalized spacial score (nSPS) is 10.8. The molecule has 0 saturated heterocycles. The zero-order valence-electron chi connectivity index (χ0n) is 15.0. The molecule has 3 aromatic carbocycles. The van der Waals surface area contributed by atoms with Crippen molar-refractivity contribution in [2.45, 2.75) is 4.90 Å². The summed E-state index contributed by atoms with van der Waals surface area (Å²) in [6.45, 7) is 0. The predicted molar refractivity (Wildman–Crippen MR) is 114 cm³/mol. The second kappa shape index (κ2) is 7.86.